The summed E-state index contributed by atoms with van der Waals surface area (Å²) in [5.74, 6) is 0. The van der Waals surface area contributed by atoms with E-state index >= 15 is 0 Å². The Bertz CT molecular complexity index is 524. The van der Waals surface area contributed by atoms with E-state index in [1.165, 1.54) is 17.1 Å². The molecule has 0 aliphatic rings. The molecule has 0 amide bonds. The van der Waals surface area contributed by atoms with E-state index in [0.29, 0.717) is 0 Å². The Balaban J connectivity index is 0.000000615. The number of anilines is 3. The van der Waals surface area contributed by atoms with Gasteiger partial charge in [-0.15, -0.1) is 0 Å². The third kappa shape index (κ3) is 5.30. The molecule has 3 rings (SSSR count). The van der Waals surface area contributed by atoms with E-state index in [1.54, 1.807) is 0 Å². The van der Waals surface area contributed by atoms with Crippen molar-refractivity contribution in [2.45, 2.75) is 27.7 Å². The molecule has 0 saturated heterocycles. The predicted octanol–water partition coefficient (Wildman–Crippen LogP) is 7.21. The molecule has 0 N–H and O–H groups in total. The van der Waals surface area contributed by atoms with Crippen molar-refractivity contribution in [3.05, 3.63) is 91.0 Å². The Morgan fingerprint density at radius 1 is 0.391 bits per heavy atom. The highest BCUT2D eigenvalue weighted by Crippen LogP contribution is 2.33. The first-order valence-corrected chi connectivity index (χ1v) is 8.40. The van der Waals surface area contributed by atoms with Crippen LogP contribution in [0.2, 0.25) is 0 Å². The van der Waals surface area contributed by atoms with Crippen LogP contribution in [0, 0.1) is 0 Å². The van der Waals surface area contributed by atoms with Gasteiger partial charge in [0.25, 0.3) is 0 Å². The van der Waals surface area contributed by atoms with E-state index in [1.807, 2.05) is 45.9 Å². The van der Waals surface area contributed by atoms with Gasteiger partial charge in [-0.05, 0) is 36.4 Å². The van der Waals surface area contributed by atoms with Gasteiger partial charge in [0.05, 0.1) is 0 Å². The summed E-state index contributed by atoms with van der Waals surface area (Å²) >= 11 is 0. The molecular weight excluding hydrogens is 278 g/mol. The molecule has 0 aliphatic heterocycles. The van der Waals surface area contributed by atoms with E-state index in [-0.39, 0.29) is 0 Å². The molecule has 0 bridgehead atoms. The Morgan fingerprint density at radius 2 is 0.609 bits per heavy atom. The highest BCUT2D eigenvalue weighted by Gasteiger charge is 2.10. The van der Waals surface area contributed by atoms with Crippen molar-refractivity contribution in [1.82, 2.24) is 0 Å². The van der Waals surface area contributed by atoms with Crippen LogP contribution in [0.15, 0.2) is 91.0 Å². The average Bonchev–Trinajstić information content (AvgIpc) is 2.68. The molecule has 23 heavy (non-hydrogen) atoms. The fourth-order valence-corrected chi connectivity index (χ4v) is 2.18. The standard InChI is InChI=1S/C18H15N.2C2H6/c1-4-10-16(11-5-1)19(17-12-6-2-7-13-17)18-14-8-3-9-15-18;2*1-2/h1-15H;2*1-2H3. The number of rotatable bonds is 3. The van der Waals surface area contributed by atoms with E-state index in [4.69, 9.17) is 0 Å². The second-order valence-corrected chi connectivity index (χ2v) is 4.34. The number of para-hydroxylation sites is 3. The largest absolute Gasteiger partial charge is 0.311 e. The fourth-order valence-electron chi connectivity index (χ4n) is 2.18. The minimum atomic E-state index is 1.17. The zero-order chi connectivity index (χ0) is 16.9. The average molecular weight is 305 g/mol. The third-order valence-corrected chi connectivity index (χ3v) is 3.04. The van der Waals surface area contributed by atoms with Gasteiger partial charge in [0, 0.05) is 17.1 Å². The highest BCUT2D eigenvalue weighted by atomic mass is 15.1. The smallest absolute Gasteiger partial charge is 0.0461 e. The Labute approximate surface area is 141 Å². The molecule has 0 spiro atoms. The van der Waals surface area contributed by atoms with Gasteiger partial charge in [0.2, 0.25) is 0 Å². The molecule has 3 aromatic rings. The van der Waals surface area contributed by atoms with Crippen molar-refractivity contribution in [1.29, 1.82) is 0 Å². The van der Waals surface area contributed by atoms with Gasteiger partial charge in [0.15, 0.2) is 0 Å². The summed E-state index contributed by atoms with van der Waals surface area (Å²) in [6, 6.07) is 31.3. The normalized spacial score (nSPS) is 8.87. The molecule has 3 aromatic carbocycles. The Hall–Kier alpha value is -2.54. The van der Waals surface area contributed by atoms with Crippen molar-refractivity contribution in [3.63, 3.8) is 0 Å². The fraction of sp³-hybridized carbons (Fsp3) is 0.182. The number of nitrogens with zero attached hydrogens (tertiary/aromatic N) is 1. The molecule has 0 saturated carbocycles. The zero-order valence-electron chi connectivity index (χ0n) is 14.6. The summed E-state index contributed by atoms with van der Waals surface area (Å²) in [6.45, 7) is 8.00. The van der Waals surface area contributed by atoms with Crippen LogP contribution >= 0.6 is 0 Å². The van der Waals surface area contributed by atoms with Crippen molar-refractivity contribution < 1.29 is 0 Å². The van der Waals surface area contributed by atoms with Crippen molar-refractivity contribution in [2.75, 3.05) is 4.90 Å². The van der Waals surface area contributed by atoms with Gasteiger partial charge in [-0.2, -0.15) is 0 Å². The highest BCUT2D eigenvalue weighted by molar-refractivity contribution is 5.76. The zero-order valence-corrected chi connectivity index (χ0v) is 14.6. The van der Waals surface area contributed by atoms with Crippen molar-refractivity contribution in [3.8, 4) is 0 Å². The summed E-state index contributed by atoms with van der Waals surface area (Å²) in [4.78, 5) is 2.25. The lowest BCUT2D eigenvalue weighted by atomic mass is 10.2. The van der Waals surface area contributed by atoms with Crippen molar-refractivity contribution in [2.24, 2.45) is 0 Å². The molecular formula is C22H27N. The SMILES string of the molecule is CC.CC.c1ccc(N(c2ccccc2)c2ccccc2)cc1. The van der Waals surface area contributed by atoms with Crippen LogP contribution in [-0.4, -0.2) is 0 Å². The summed E-state index contributed by atoms with van der Waals surface area (Å²) < 4.78 is 0. The minimum absolute atomic E-state index is 1.17. The first-order chi connectivity index (χ1) is 11.4. The molecule has 120 valence electrons. The van der Waals surface area contributed by atoms with Gasteiger partial charge in [-0.3, -0.25) is 0 Å². The maximum Gasteiger partial charge on any atom is 0.0461 e. The Kier molecular flexibility index (Phi) is 8.92. The lowest BCUT2D eigenvalue weighted by Gasteiger charge is -2.25. The third-order valence-electron chi connectivity index (χ3n) is 3.04. The molecule has 0 heterocycles. The van der Waals surface area contributed by atoms with Crippen LogP contribution in [0.4, 0.5) is 17.1 Å². The lowest BCUT2D eigenvalue weighted by molar-refractivity contribution is 1.28. The van der Waals surface area contributed by atoms with Gasteiger partial charge in [-0.25, -0.2) is 0 Å². The molecule has 1 heteroatoms. The van der Waals surface area contributed by atoms with Crippen LogP contribution in [0.5, 0.6) is 0 Å². The lowest BCUT2D eigenvalue weighted by Crippen LogP contribution is -2.09. The van der Waals surface area contributed by atoms with E-state index in [9.17, 15) is 0 Å². The minimum Gasteiger partial charge on any atom is -0.311 e. The molecule has 1 nitrogen and oxygen atoms in total. The summed E-state index contributed by atoms with van der Waals surface area (Å²) in [6.07, 6.45) is 0. The second-order valence-electron chi connectivity index (χ2n) is 4.34. The molecule has 0 aromatic heterocycles. The maximum atomic E-state index is 2.25. The molecule has 0 unspecified atom stereocenters. The van der Waals surface area contributed by atoms with Crippen LogP contribution in [0.3, 0.4) is 0 Å². The quantitative estimate of drug-likeness (QED) is 0.494. The van der Waals surface area contributed by atoms with Crippen molar-refractivity contribution >= 4 is 17.1 Å². The van der Waals surface area contributed by atoms with Gasteiger partial charge in [0.1, 0.15) is 0 Å². The van der Waals surface area contributed by atoms with E-state index in [2.05, 4.69) is 77.7 Å². The topological polar surface area (TPSA) is 3.24 Å². The molecule has 0 atom stereocenters. The molecule has 0 aliphatic carbocycles. The second kappa shape index (κ2) is 11.1. The van der Waals surface area contributed by atoms with E-state index < -0.39 is 0 Å². The maximum absolute atomic E-state index is 2.25. The molecule has 0 radical (unpaired) electrons. The summed E-state index contributed by atoms with van der Waals surface area (Å²) in [7, 11) is 0. The van der Waals surface area contributed by atoms with Crippen LogP contribution in [-0.2, 0) is 0 Å². The van der Waals surface area contributed by atoms with Gasteiger partial charge in [-0.1, -0.05) is 82.3 Å². The van der Waals surface area contributed by atoms with Crippen LogP contribution in [0.1, 0.15) is 27.7 Å². The number of hydrogen-bond acceptors (Lipinski definition) is 1. The molecule has 0 fully saturated rings. The predicted molar refractivity (Wildman–Crippen MR) is 104 cm³/mol. The van der Waals surface area contributed by atoms with Gasteiger partial charge < -0.3 is 4.90 Å². The summed E-state index contributed by atoms with van der Waals surface area (Å²) in [5, 5.41) is 0. The number of hydrogen-bond donors (Lipinski definition) is 0. The van der Waals surface area contributed by atoms with Crippen LogP contribution in [0.25, 0.3) is 0 Å². The monoisotopic (exact) mass is 305 g/mol. The number of benzene rings is 3. The van der Waals surface area contributed by atoms with Crippen LogP contribution < -0.4 is 4.90 Å². The van der Waals surface area contributed by atoms with Gasteiger partial charge >= 0.3 is 0 Å². The Morgan fingerprint density at radius 3 is 0.826 bits per heavy atom. The first-order valence-electron chi connectivity index (χ1n) is 8.40. The van der Waals surface area contributed by atoms with E-state index in [0.717, 1.165) is 0 Å². The first kappa shape index (κ1) is 18.5. The summed E-state index contributed by atoms with van der Waals surface area (Å²) in [5.41, 5.74) is 3.50.